The highest BCUT2D eigenvalue weighted by molar-refractivity contribution is 6.05. The molecule has 1 heterocycles. The molecule has 0 radical (unpaired) electrons. The minimum Gasteiger partial charge on any atom is -0.379 e. The Hall–Kier alpha value is -1.84. The van der Waals surface area contributed by atoms with Crippen molar-refractivity contribution in [3.05, 3.63) is 35.9 Å². The number of amides is 1. The van der Waals surface area contributed by atoms with E-state index in [0.717, 1.165) is 24.1 Å². The highest BCUT2D eigenvalue weighted by atomic mass is 16.7. The number of hydrogen-bond donors (Lipinski definition) is 1. The molecule has 1 fully saturated rings. The molecule has 0 bridgehead atoms. The minimum atomic E-state index is -0.867. The summed E-state index contributed by atoms with van der Waals surface area (Å²) in [6, 6.07) is 10.2. The average Bonchev–Trinajstić information content (AvgIpc) is 3.10. The molecule has 20 heavy (non-hydrogen) atoms. The Balaban J connectivity index is 1.65. The summed E-state index contributed by atoms with van der Waals surface area (Å²) in [6.07, 6.45) is 5.08. The first kappa shape index (κ1) is 13.2. The third-order valence-corrected chi connectivity index (χ3v) is 4.14. The van der Waals surface area contributed by atoms with E-state index in [0.29, 0.717) is 12.5 Å². The van der Waals surface area contributed by atoms with Gasteiger partial charge in [-0.1, -0.05) is 48.3 Å². The molecule has 0 saturated heterocycles. The smallest absolute Gasteiger partial charge is 0.267 e. The van der Waals surface area contributed by atoms with E-state index in [1.54, 1.807) is 0 Å². The molecule has 106 valence electrons. The van der Waals surface area contributed by atoms with E-state index in [4.69, 9.17) is 4.84 Å². The molecular weight excluding hydrogens is 252 g/mol. The number of carbonyl (C=O) groups excluding carboxylic acids is 1. The van der Waals surface area contributed by atoms with Crippen molar-refractivity contribution in [3.8, 4) is 0 Å². The molecule has 0 spiro atoms. The van der Waals surface area contributed by atoms with E-state index < -0.39 is 5.60 Å². The molecule has 0 aromatic heterocycles. The Kier molecular flexibility index (Phi) is 3.47. The van der Waals surface area contributed by atoms with Gasteiger partial charge in [-0.3, -0.25) is 4.79 Å². The number of hydrogen-bond acceptors (Lipinski definition) is 3. The normalized spacial score (nSPS) is 26.1. The molecule has 1 atom stereocenters. The van der Waals surface area contributed by atoms with E-state index in [-0.39, 0.29) is 5.91 Å². The van der Waals surface area contributed by atoms with Crippen LogP contribution in [0.5, 0.6) is 0 Å². The standard InChI is InChI=1S/C16H20N2O2/c1-16(15(19)17-13-9-5-6-10-13)11-14(18-20-16)12-7-3-2-4-8-12/h2-4,7-8,13H,5-6,9-11H2,1H3,(H,17,19)/t16-/m0/s1. The summed E-state index contributed by atoms with van der Waals surface area (Å²) in [5.74, 6) is -0.0425. The van der Waals surface area contributed by atoms with Gasteiger partial charge in [-0.25, -0.2) is 0 Å². The molecule has 3 rings (SSSR count). The topological polar surface area (TPSA) is 50.7 Å². The predicted octanol–water partition coefficient (Wildman–Crippen LogP) is 2.63. The number of nitrogens with zero attached hydrogens (tertiary/aromatic N) is 1. The van der Waals surface area contributed by atoms with Crippen LogP contribution in [0, 0.1) is 0 Å². The Bertz CT molecular complexity index is 521. The van der Waals surface area contributed by atoms with Gasteiger partial charge in [0.2, 0.25) is 5.60 Å². The van der Waals surface area contributed by atoms with Crippen molar-refractivity contribution in [1.29, 1.82) is 0 Å². The third-order valence-electron chi connectivity index (χ3n) is 4.14. The lowest BCUT2D eigenvalue weighted by Crippen LogP contribution is -2.48. The number of nitrogens with one attached hydrogen (secondary N) is 1. The molecule has 1 aromatic carbocycles. The number of carbonyl (C=O) groups is 1. The van der Waals surface area contributed by atoms with Gasteiger partial charge < -0.3 is 10.2 Å². The highest BCUT2D eigenvalue weighted by Gasteiger charge is 2.43. The summed E-state index contributed by atoms with van der Waals surface area (Å²) in [6.45, 7) is 1.82. The van der Waals surface area contributed by atoms with E-state index in [2.05, 4.69) is 10.5 Å². The van der Waals surface area contributed by atoms with Gasteiger partial charge in [0.15, 0.2) is 0 Å². The molecular formula is C16H20N2O2. The van der Waals surface area contributed by atoms with Crippen LogP contribution in [0.4, 0.5) is 0 Å². The van der Waals surface area contributed by atoms with Crippen LogP contribution in [0.3, 0.4) is 0 Å². The average molecular weight is 272 g/mol. The van der Waals surface area contributed by atoms with Crippen LogP contribution >= 0.6 is 0 Å². The van der Waals surface area contributed by atoms with Crippen LogP contribution in [0.25, 0.3) is 0 Å². The van der Waals surface area contributed by atoms with Crippen molar-refractivity contribution >= 4 is 11.6 Å². The number of benzene rings is 1. The van der Waals surface area contributed by atoms with Crippen molar-refractivity contribution in [2.24, 2.45) is 5.16 Å². The first-order valence-corrected chi connectivity index (χ1v) is 7.29. The van der Waals surface area contributed by atoms with Crippen LogP contribution in [0.2, 0.25) is 0 Å². The zero-order chi connectivity index (χ0) is 14.0. The molecule has 1 aromatic rings. The number of rotatable bonds is 3. The largest absolute Gasteiger partial charge is 0.379 e. The molecule has 4 nitrogen and oxygen atoms in total. The monoisotopic (exact) mass is 272 g/mol. The van der Waals surface area contributed by atoms with E-state index in [9.17, 15) is 4.79 Å². The Morgan fingerprint density at radius 1 is 1.30 bits per heavy atom. The van der Waals surface area contributed by atoms with Crippen LogP contribution in [0.1, 0.15) is 44.6 Å². The zero-order valence-electron chi connectivity index (χ0n) is 11.8. The first-order chi connectivity index (χ1) is 9.67. The lowest BCUT2D eigenvalue weighted by molar-refractivity contribution is -0.142. The fraction of sp³-hybridized carbons (Fsp3) is 0.500. The van der Waals surface area contributed by atoms with Gasteiger partial charge in [-0.2, -0.15) is 0 Å². The summed E-state index contributed by atoms with van der Waals surface area (Å²) in [5, 5.41) is 7.21. The lowest BCUT2D eigenvalue weighted by atomic mass is 9.95. The minimum absolute atomic E-state index is 0.0425. The second-order valence-electron chi connectivity index (χ2n) is 5.86. The molecule has 1 saturated carbocycles. The van der Waals surface area contributed by atoms with Crippen molar-refractivity contribution in [1.82, 2.24) is 5.32 Å². The van der Waals surface area contributed by atoms with Crippen LogP contribution in [-0.2, 0) is 9.63 Å². The summed E-state index contributed by atoms with van der Waals surface area (Å²) >= 11 is 0. The zero-order valence-corrected chi connectivity index (χ0v) is 11.8. The van der Waals surface area contributed by atoms with E-state index in [1.807, 2.05) is 37.3 Å². The van der Waals surface area contributed by atoms with Crippen molar-refractivity contribution in [2.45, 2.75) is 50.7 Å². The molecule has 1 aliphatic carbocycles. The summed E-state index contributed by atoms with van der Waals surface area (Å²) in [4.78, 5) is 17.8. The maximum Gasteiger partial charge on any atom is 0.267 e. The van der Waals surface area contributed by atoms with Gasteiger partial charge in [-0.15, -0.1) is 0 Å². The molecule has 1 N–H and O–H groups in total. The quantitative estimate of drug-likeness (QED) is 0.919. The van der Waals surface area contributed by atoms with E-state index in [1.165, 1.54) is 12.8 Å². The third kappa shape index (κ3) is 2.55. The maximum absolute atomic E-state index is 12.4. The highest BCUT2D eigenvalue weighted by Crippen LogP contribution is 2.28. The fourth-order valence-corrected chi connectivity index (χ4v) is 2.86. The van der Waals surface area contributed by atoms with Gasteiger partial charge in [0.05, 0.1) is 5.71 Å². The summed E-state index contributed by atoms with van der Waals surface area (Å²) in [7, 11) is 0. The van der Waals surface area contributed by atoms with Crippen molar-refractivity contribution < 1.29 is 9.63 Å². The Morgan fingerprint density at radius 3 is 2.70 bits per heavy atom. The summed E-state index contributed by atoms with van der Waals surface area (Å²) in [5.41, 5.74) is 0.993. The maximum atomic E-state index is 12.4. The summed E-state index contributed by atoms with van der Waals surface area (Å²) < 4.78 is 0. The van der Waals surface area contributed by atoms with Crippen LogP contribution in [0.15, 0.2) is 35.5 Å². The lowest BCUT2D eigenvalue weighted by Gasteiger charge is -2.23. The van der Waals surface area contributed by atoms with Gasteiger partial charge in [-0.05, 0) is 25.3 Å². The molecule has 2 aliphatic rings. The van der Waals surface area contributed by atoms with Crippen LogP contribution < -0.4 is 5.32 Å². The second-order valence-corrected chi connectivity index (χ2v) is 5.86. The van der Waals surface area contributed by atoms with Crippen LogP contribution in [-0.4, -0.2) is 23.3 Å². The Morgan fingerprint density at radius 2 is 2.00 bits per heavy atom. The van der Waals surface area contributed by atoms with E-state index >= 15 is 0 Å². The van der Waals surface area contributed by atoms with Gasteiger partial charge >= 0.3 is 0 Å². The number of oxime groups is 1. The fourth-order valence-electron chi connectivity index (χ4n) is 2.86. The van der Waals surface area contributed by atoms with Gasteiger partial charge in [0, 0.05) is 12.5 Å². The Labute approximate surface area is 119 Å². The molecule has 1 amide bonds. The second kappa shape index (κ2) is 5.27. The molecule has 4 heteroatoms. The van der Waals surface area contributed by atoms with Crippen molar-refractivity contribution in [2.75, 3.05) is 0 Å². The predicted molar refractivity (Wildman–Crippen MR) is 77.5 cm³/mol. The van der Waals surface area contributed by atoms with Gasteiger partial charge in [0.1, 0.15) is 0 Å². The SMILES string of the molecule is C[C@@]1(C(=O)NC2CCCC2)CC(c2ccccc2)=NO1. The first-order valence-electron chi connectivity index (χ1n) is 7.29. The molecule has 0 unspecified atom stereocenters. The molecule has 1 aliphatic heterocycles. The van der Waals surface area contributed by atoms with Gasteiger partial charge in [0.25, 0.3) is 5.91 Å². The van der Waals surface area contributed by atoms with Crippen molar-refractivity contribution in [3.63, 3.8) is 0 Å².